The van der Waals surface area contributed by atoms with Crippen LogP contribution in [0.25, 0.3) is 0 Å². The number of piperidine rings is 3. The van der Waals surface area contributed by atoms with E-state index in [-0.39, 0.29) is 82.0 Å². The van der Waals surface area contributed by atoms with E-state index in [2.05, 4.69) is 48.3 Å². The van der Waals surface area contributed by atoms with E-state index in [0.29, 0.717) is 73.1 Å². The van der Waals surface area contributed by atoms with Crippen LogP contribution in [0.2, 0.25) is 0 Å². The second-order valence-corrected chi connectivity index (χ2v) is 24.2. The highest BCUT2D eigenvalue weighted by Crippen LogP contribution is 2.60. The van der Waals surface area contributed by atoms with Gasteiger partial charge in [-0.05, 0) is 160 Å². The van der Waals surface area contributed by atoms with E-state index in [9.17, 15) is 29.1 Å². The number of rotatable bonds is 8. The molecule has 3 heterocycles. The summed E-state index contributed by atoms with van der Waals surface area (Å²) < 4.78 is 32.6. The predicted molar refractivity (Wildman–Crippen MR) is 293 cm³/mol. The Morgan fingerprint density at radius 1 is 0.519 bits per heavy atom. The molecule has 2 amide bonds. The minimum absolute atomic E-state index is 0.0135. The normalized spacial score (nSPS) is 31.1. The first-order valence-corrected chi connectivity index (χ1v) is 28.5. The summed E-state index contributed by atoms with van der Waals surface area (Å²) in [6, 6.07) is 12.6. The fraction of sp³-hybridized carbons (Fsp3) is 0.547. The van der Waals surface area contributed by atoms with Gasteiger partial charge in [0.1, 0.15) is 11.5 Å². The number of ketones is 3. The van der Waals surface area contributed by atoms with Crippen LogP contribution in [0.4, 0.5) is 0 Å². The molecule has 418 valence electrons. The molecule has 5 fully saturated rings. The number of nitrogens with zero attached hydrogens (tertiary/aromatic N) is 2. The number of likely N-dealkylation sites (tertiary alicyclic amines) is 2. The van der Waals surface area contributed by atoms with Crippen molar-refractivity contribution >= 4 is 29.2 Å². The van der Waals surface area contributed by atoms with Crippen LogP contribution >= 0.6 is 0 Å². The van der Waals surface area contributed by atoms with Crippen molar-refractivity contribution in [2.45, 2.75) is 132 Å². The average Bonchev–Trinajstić information content (AvgIpc) is 4.22. The van der Waals surface area contributed by atoms with Crippen LogP contribution in [0.1, 0.15) is 109 Å². The fourth-order valence-electron chi connectivity index (χ4n) is 16.8. The van der Waals surface area contributed by atoms with Crippen LogP contribution in [0, 0.1) is 43.4 Å². The zero-order valence-corrected chi connectivity index (χ0v) is 47.0. The summed E-state index contributed by atoms with van der Waals surface area (Å²) in [5.74, 6) is 5.12. The number of ether oxygens (including phenoxy) is 6. The Morgan fingerprint density at radius 2 is 0.911 bits per heavy atom. The lowest BCUT2D eigenvalue weighted by molar-refractivity contribution is -0.142. The van der Waals surface area contributed by atoms with Crippen LogP contribution in [0.15, 0.2) is 71.9 Å². The zero-order valence-electron chi connectivity index (χ0n) is 47.0. The van der Waals surface area contributed by atoms with Gasteiger partial charge in [-0.15, -0.1) is 0 Å². The number of phenolic OH excluding ortho intramolecular Hbond substituents is 1. The second kappa shape index (κ2) is 19.9. The van der Waals surface area contributed by atoms with Crippen molar-refractivity contribution in [2.24, 2.45) is 29.6 Å². The quantitative estimate of drug-likeness (QED) is 0.226. The van der Waals surface area contributed by atoms with Crippen molar-refractivity contribution in [3.63, 3.8) is 0 Å². The molecule has 3 aromatic carbocycles. The summed E-state index contributed by atoms with van der Waals surface area (Å²) in [7, 11) is 9.62. The lowest BCUT2D eigenvalue weighted by Crippen LogP contribution is -2.63. The molecule has 3 unspecified atom stereocenters. The van der Waals surface area contributed by atoms with E-state index in [4.69, 9.17) is 28.4 Å². The Labute approximate surface area is 463 Å². The van der Waals surface area contributed by atoms with Crippen LogP contribution in [-0.2, 0) is 73.7 Å². The topological polar surface area (TPSA) is 179 Å². The molecule has 3 aliphatic heterocycles. The molecule has 9 atom stereocenters. The van der Waals surface area contributed by atoms with Crippen molar-refractivity contribution in [1.29, 1.82) is 0 Å². The van der Waals surface area contributed by atoms with E-state index in [1.165, 1.54) is 42.0 Å². The maximum Gasteiger partial charge on any atom is 0.225 e. The summed E-state index contributed by atoms with van der Waals surface area (Å²) in [4.78, 5) is 68.4. The molecule has 2 N–H and O–H groups in total. The SMILES string of the molecule is COC1=CC2[C@@H]3Cc4ccc(OC)c(C)c4[C@]2(CCN3)CC1=O.COC1=CC2[C@@H]3Cc4ccc(OC)c(C)c4[C@]2(CCN3C(=O)C2CC2)CC1=O.COC1=CC2[C@@H]3Cc4ccc(OC)c(O)c4[C@]2(CCN3C(=O)C2CC2)CC1=O. The molecule has 6 bridgehead atoms. The molecule has 8 aliphatic carbocycles. The third-order valence-corrected chi connectivity index (χ3v) is 20.6. The molecule has 3 aromatic rings. The first-order valence-electron chi connectivity index (χ1n) is 28.5. The number of carbonyl (C=O) groups is 5. The number of hydrogen-bond acceptors (Lipinski definition) is 13. The van der Waals surface area contributed by atoms with Crippen molar-refractivity contribution in [1.82, 2.24) is 15.1 Å². The number of Topliss-reactive ketones (excluding diaryl/α,β-unsaturated/α-hetero) is 3. The molecule has 3 saturated heterocycles. The molecule has 0 radical (unpaired) electrons. The van der Waals surface area contributed by atoms with E-state index in [0.717, 1.165) is 92.6 Å². The van der Waals surface area contributed by atoms with Gasteiger partial charge >= 0.3 is 0 Å². The molecule has 15 heteroatoms. The van der Waals surface area contributed by atoms with Crippen LogP contribution in [-0.4, -0.2) is 124 Å². The Bertz CT molecular complexity index is 3020. The summed E-state index contributed by atoms with van der Waals surface area (Å²) >= 11 is 0. The molecule has 15 nitrogen and oxygen atoms in total. The van der Waals surface area contributed by atoms with E-state index < -0.39 is 5.41 Å². The van der Waals surface area contributed by atoms with Gasteiger partial charge < -0.3 is 48.6 Å². The highest BCUT2D eigenvalue weighted by Gasteiger charge is 2.61. The number of aromatic hydroxyl groups is 1. The molecule has 14 rings (SSSR count). The minimum Gasteiger partial charge on any atom is -0.504 e. The number of amides is 2. The number of hydrogen-bond donors (Lipinski definition) is 2. The lowest BCUT2D eigenvalue weighted by Gasteiger charge is -2.57. The van der Waals surface area contributed by atoms with Gasteiger partial charge in [-0.3, -0.25) is 24.0 Å². The molecular formula is C64H75N3O12. The summed E-state index contributed by atoms with van der Waals surface area (Å²) in [6.45, 7) is 6.55. The summed E-state index contributed by atoms with van der Waals surface area (Å²) in [5, 5.41) is 14.6. The Balaban J connectivity index is 0.000000119. The molecule has 79 heavy (non-hydrogen) atoms. The third-order valence-electron chi connectivity index (χ3n) is 20.6. The number of phenols is 1. The molecule has 0 aromatic heterocycles. The predicted octanol–water partition coefficient (Wildman–Crippen LogP) is 7.53. The van der Waals surface area contributed by atoms with E-state index in [1.807, 2.05) is 29.2 Å². The number of carbonyl (C=O) groups excluding carboxylic acids is 5. The zero-order chi connectivity index (χ0) is 55.4. The fourth-order valence-corrected chi connectivity index (χ4v) is 16.8. The van der Waals surface area contributed by atoms with E-state index in [1.54, 1.807) is 34.5 Å². The maximum atomic E-state index is 13.0. The van der Waals surface area contributed by atoms with Gasteiger partial charge in [-0.1, -0.05) is 18.2 Å². The smallest absolute Gasteiger partial charge is 0.225 e. The van der Waals surface area contributed by atoms with Gasteiger partial charge in [-0.2, -0.15) is 0 Å². The van der Waals surface area contributed by atoms with Gasteiger partial charge in [0.15, 0.2) is 46.1 Å². The maximum absolute atomic E-state index is 13.0. The Hall–Kier alpha value is -6.61. The second-order valence-electron chi connectivity index (χ2n) is 24.2. The molecular weight excluding hydrogens is 1000 g/mol. The highest BCUT2D eigenvalue weighted by molar-refractivity contribution is 5.98. The number of fused-ring (bicyclic) bond motifs is 3. The third kappa shape index (κ3) is 8.23. The van der Waals surface area contributed by atoms with Crippen molar-refractivity contribution in [3.05, 3.63) is 116 Å². The van der Waals surface area contributed by atoms with Gasteiger partial charge in [0.2, 0.25) is 11.8 Å². The summed E-state index contributed by atoms with van der Waals surface area (Å²) in [5.41, 5.74) is 8.50. The molecule has 2 saturated carbocycles. The highest BCUT2D eigenvalue weighted by atomic mass is 16.5. The Morgan fingerprint density at radius 3 is 1.34 bits per heavy atom. The monoisotopic (exact) mass is 1080 g/mol. The van der Waals surface area contributed by atoms with Gasteiger partial charge in [0, 0.05) is 102 Å². The number of nitrogens with one attached hydrogen (secondary N) is 1. The number of methoxy groups -OCH3 is 6. The average molecular weight is 1080 g/mol. The standard InChI is InChI=1S/C23H27NO4.C22H25NO5.C19H23NO3/c1-13-19(27-2)7-6-15-10-17-16-11-20(28-3)18(25)12-23(16,21(13)15)8-9-24(17)22(26)14-4-5-14;1-27-17-6-5-13-9-15-14-10-18(28-2)16(24)11-22(14,19(13)20(17)25)7-8-23(15)21(26)12-3-4-12;1-11-16(22-2)5-4-12-8-14-13-9-17(23-3)15(21)10-19(13,18(11)12)6-7-20-14/h6-7,11,14,16-17H,4-5,8-10,12H2,1-3H3;5-6,10,12,14-15,25H,3-4,7-9,11H2,1-2H3;4-5,9,13-14,20H,6-8,10H2,1-3H3/t16?,17-,23+;14?,15-,22+;13?,14-,19+/m000/s1. The molecule has 0 spiro atoms. The van der Waals surface area contributed by atoms with E-state index >= 15 is 0 Å². The van der Waals surface area contributed by atoms with Crippen molar-refractivity contribution in [2.75, 3.05) is 62.3 Å². The van der Waals surface area contributed by atoms with Crippen LogP contribution < -0.4 is 19.5 Å². The van der Waals surface area contributed by atoms with Crippen LogP contribution in [0.5, 0.6) is 23.0 Å². The largest absolute Gasteiger partial charge is 0.504 e. The molecule has 11 aliphatic rings. The van der Waals surface area contributed by atoms with Gasteiger partial charge in [0.25, 0.3) is 0 Å². The minimum atomic E-state index is -0.518. The van der Waals surface area contributed by atoms with Gasteiger partial charge in [-0.25, -0.2) is 0 Å². The summed E-state index contributed by atoms with van der Waals surface area (Å²) in [6.07, 6.45) is 16.2. The van der Waals surface area contributed by atoms with Gasteiger partial charge in [0.05, 0.1) is 42.7 Å². The van der Waals surface area contributed by atoms with Crippen molar-refractivity contribution in [3.8, 4) is 23.0 Å². The first kappa shape index (κ1) is 53.1. The van der Waals surface area contributed by atoms with Crippen LogP contribution in [0.3, 0.4) is 0 Å². The Kier molecular flexibility index (Phi) is 13.4. The number of benzene rings is 3. The van der Waals surface area contributed by atoms with Crippen molar-refractivity contribution < 1.29 is 57.5 Å². The lowest BCUT2D eigenvalue weighted by atomic mass is 9.53. The number of allylic oxidation sites excluding steroid dienone is 3. The first-order chi connectivity index (χ1) is 38.1.